The minimum absolute atomic E-state index is 0.130. The third-order valence-corrected chi connectivity index (χ3v) is 5.27. The highest BCUT2D eigenvalue weighted by molar-refractivity contribution is 6.51. The SMILES string of the molecule is Cc1ccc(C2/C(=C(/O)c3ccc(OCC(C)C)cc3)C(=O)C(=O)N2c2cccc(F)c2)o1. The van der Waals surface area contributed by atoms with E-state index in [0.29, 0.717) is 29.6 Å². The van der Waals surface area contributed by atoms with E-state index in [2.05, 4.69) is 0 Å². The number of carbonyl (C=O) groups is 2. The van der Waals surface area contributed by atoms with E-state index in [1.54, 1.807) is 43.3 Å². The zero-order valence-corrected chi connectivity index (χ0v) is 18.5. The molecule has 1 amide bonds. The molecule has 0 spiro atoms. The summed E-state index contributed by atoms with van der Waals surface area (Å²) in [5, 5.41) is 11.1. The fourth-order valence-electron chi connectivity index (χ4n) is 3.72. The lowest BCUT2D eigenvalue weighted by Crippen LogP contribution is -2.29. The van der Waals surface area contributed by atoms with Gasteiger partial charge < -0.3 is 14.3 Å². The van der Waals surface area contributed by atoms with Crippen molar-refractivity contribution < 1.29 is 28.2 Å². The molecule has 1 unspecified atom stereocenters. The van der Waals surface area contributed by atoms with Crippen LogP contribution in [0.3, 0.4) is 0 Å². The van der Waals surface area contributed by atoms with E-state index in [-0.39, 0.29) is 22.8 Å². The highest BCUT2D eigenvalue weighted by Gasteiger charge is 2.48. The number of Topliss-reactive ketones (excluding diaryl/α,β-unsaturated/α-hetero) is 1. The van der Waals surface area contributed by atoms with Gasteiger partial charge in [0.05, 0.1) is 12.2 Å². The number of hydrogen-bond donors (Lipinski definition) is 1. The Morgan fingerprint density at radius 1 is 1.12 bits per heavy atom. The van der Waals surface area contributed by atoms with E-state index < -0.39 is 23.5 Å². The van der Waals surface area contributed by atoms with Crippen LogP contribution in [-0.4, -0.2) is 23.4 Å². The number of ether oxygens (including phenoxy) is 1. The van der Waals surface area contributed by atoms with Crippen LogP contribution in [0.15, 0.2) is 70.7 Å². The largest absolute Gasteiger partial charge is 0.507 e. The maximum Gasteiger partial charge on any atom is 0.300 e. The second-order valence-electron chi connectivity index (χ2n) is 8.33. The number of rotatable bonds is 6. The number of benzene rings is 2. The van der Waals surface area contributed by atoms with Crippen LogP contribution in [0.2, 0.25) is 0 Å². The molecule has 1 saturated heterocycles. The molecule has 1 aromatic heterocycles. The van der Waals surface area contributed by atoms with Gasteiger partial charge in [0.25, 0.3) is 11.7 Å². The maximum atomic E-state index is 13.9. The molecule has 1 atom stereocenters. The maximum absolute atomic E-state index is 13.9. The normalized spacial score (nSPS) is 17.7. The van der Waals surface area contributed by atoms with Crippen LogP contribution in [0.5, 0.6) is 5.75 Å². The molecular weight excluding hydrogens is 425 g/mol. The number of halogens is 1. The first-order valence-corrected chi connectivity index (χ1v) is 10.6. The summed E-state index contributed by atoms with van der Waals surface area (Å²) in [4.78, 5) is 27.2. The summed E-state index contributed by atoms with van der Waals surface area (Å²) in [6.45, 7) is 6.35. The summed E-state index contributed by atoms with van der Waals surface area (Å²) in [6, 6.07) is 14.3. The molecule has 3 aromatic rings. The van der Waals surface area contributed by atoms with Gasteiger partial charge >= 0.3 is 0 Å². The fraction of sp³-hybridized carbons (Fsp3) is 0.231. The second kappa shape index (κ2) is 8.94. The Morgan fingerprint density at radius 2 is 1.85 bits per heavy atom. The van der Waals surface area contributed by atoms with Gasteiger partial charge in [-0.25, -0.2) is 4.39 Å². The predicted molar refractivity (Wildman–Crippen MR) is 121 cm³/mol. The quantitative estimate of drug-likeness (QED) is 0.310. The molecular formula is C26H24FNO5. The summed E-state index contributed by atoms with van der Waals surface area (Å²) >= 11 is 0. The van der Waals surface area contributed by atoms with Crippen molar-refractivity contribution in [2.24, 2.45) is 5.92 Å². The van der Waals surface area contributed by atoms with E-state index in [1.165, 1.54) is 18.2 Å². The molecule has 170 valence electrons. The van der Waals surface area contributed by atoms with E-state index in [1.807, 2.05) is 13.8 Å². The van der Waals surface area contributed by atoms with Crippen LogP contribution < -0.4 is 9.64 Å². The lowest BCUT2D eigenvalue weighted by molar-refractivity contribution is -0.132. The highest BCUT2D eigenvalue weighted by Crippen LogP contribution is 2.42. The van der Waals surface area contributed by atoms with Crippen LogP contribution in [-0.2, 0) is 9.59 Å². The van der Waals surface area contributed by atoms with E-state index >= 15 is 0 Å². The summed E-state index contributed by atoms with van der Waals surface area (Å²) in [6.07, 6.45) is 0. The topological polar surface area (TPSA) is 80.0 Å². The molecule has 0 aliphatic carbocycles. The molecule has 0 bridgehead atoms. The molecule has 1 aliphatic rings. The molecule has 4 rings (SSSR count). The van der Waals surface area contributed by atoms with Gasteiger partial charge in [-0.1, -0.05) is 19.9 Å². The Balaban J connectivity index is 1.80. The predicted octanol–water partition coefficient (Wildman–Crippen LogP) is 5.39. The molecule has 33 heavy (non-hydrogen) atoms. The number of hydrogen-bond acceptors (Lipinski definition) is 5. The molecule has 7 heteroatoms. The Bertz CT molecular complexity index is 1230. The third-order valence-electron chi connectivity index (χ3n) is 5.27. The lowest BCUT2D eigenvalue weighted by atomic mass is 9.99. The van der Waals surface area contributed by atoms with Gasteiger partial charge in [0.15, 0.2) is 0 Å². The number of aliphatic hydroxyl groups excluding tert-OH is 1. The average molecular weight is 449 g/mol. The van der Waals surface area contributed by atoms with Gasteiger partial charge in [-0.05, 0) is 67.4 Å². The number of aryl methyl sites for hydroxylation is 1. The monoisotopic (exact) mass is 449 g/mol. The zero-order chi connectivity index (χ0) is 23.7. The van der Waals surface area contributed by atoms with Gasteiger partial charge in [0.2, 0.25) is 0 Å². The van der Waals surface area contributed by atoms with E-state index in [4.69, 9.17) is 9.15 Å². The number of amides is 1. The van der Waals surface area contributed by atoms with Crippen molar-refractivity contribution in [1.29, 1.82) is 0 Å². The first kappa shape index (κ1) is 22.3. The van der Waals surface area contributed by atoms with Crippen molar-refractivity contribution in [1.82, 2.24) is 0 Å². The van der Waals surface area contributed by atoms with E-state index in [0.717, 1.165) is 11.0 Å². The standard InChI is InChI=1S/C26H24FNO5/c1-15(2)14-32-20-10-8-17(9-11-20)24(29)22-23(21-12-7-16(3)33-21)28(26(31)25(22)30)19-6-4-5-18(27)13-19/h4-13,15,23,29H,14H2,1-3H3/b24-22-. The van der Waals surface area contributed by atoms with Crippen molar-refractivity contribution in [2.75, 3.05) is 11.5 Å². The number of ketones is 1. The number of anilines is 1. The molecule has 0 radical (unpaired) electrons. The number of carbonyl (C=O) groups excluding carboxylic acids is 2. The molecule has 6 nitrogen and oxygen atoms in total. The molecule has 0 saturated carbocycles. The van der Waals surface area contributed by atoms with Gasteiger partial charge in [0.1, 0.15) is 34.9 Å². The molecule has 2 aromatic carbocycles. The minimum atomic E-state index is -1.04. The Labute approximate surface area is 190 Å². The Hall–Kier alpha value is -3.87. The van der Waals surface area contributed by atoms with Gasteiger partial charge in [-0.3, -0.25) is 14.5 Å². The third kappa shape index (κ3) is 4.39. The lowest BCUT2D eigenvalue weighted by Gasteiger charge is -2.23. The van der Waals surface area contributed by atoms with Crippen molar-refractivity contribution in [3.63, 3.8) is 0 Å². The van der Waals surface area contributed by atoms with E-state index in [9.17, 15) is 19.1 Å². The molecule has 1 fully saturated rings. The summed E-state index contributed by atoms with van der Waals surface area (Å²) < 4.78 is 25.3. The van der Waals surface area contributed by atoms with Gasteiger partial charge in [-0.15, -0.1) is 0 Å². The van der Waals surface area contributed by atoms with Crippen LogP contribution in [0, 0.1) is 18.7 Å². The van der Waals surface area contributed by atoms with Crippen molar-refractivity contribution in [3.8, 4) is 5.75 Å². The summed E-state index contributed by atoms with van der Waals surface area (Å²) in [7, 11) is 0. The number of nitrogens with zero attached hydrogens (tertiary/aromatic N) is 1. The average Bonchev–Trinajstić information content (AvgIpc) is 3.33. The van der Waals surface area contributed by atoms with Crippen LogP contribution in [0.4, 0.5) is 10.1 Å². The number of furan rings is 1. The van der Waals surface area contributed by atoms with Crippen LogP contribution >= 0.6 is 0 Å². The molecule has 2 heterocycles. The van der Waals surface area contributed by atoms with Gasteiger partial charge in [-0.2, -0.15) is 0 Å². The Kier molecular flexibility index (Phi) is 6.05. The molecule has 1 aliphatic heterocycles. The van der Waals surface area contributed by atoms with Crippen molar-refractivity contribution in [2.45, 2.75) is 26.8 Å². The zero-order valence-electron chi connectivity index (χ0n) is 18.5. The summed E-state index contributed by atoms with van der Waals surface area (Å²) in [5.41, 5.74) is 0.402. The minimum Gasteiger partial charge on any atom is -0.507 e. The first-order valence-electron chi connectivity index (χ1n) is 10.6. The smallest absolute Gasteiger partial charge is 0.300 e. The fourth-order valence-corrected chi connectivity index (χ4v) is 3.72. The second-order valence-corrected chi connectivity index (χ2v) is 8.33. The van der Waals surface area contributed by atoms with Crippen molar-refractivity contribution in [3.05, 3.63) is 89.1 Å². The van der Waals surface area contributed by atoms with Crippen LogP contribution in [0.1, 0.15) is 37.0 Å². The van der Waals surface area contributed by atoms with Crippen molar-refractivity contribution >= 4 is 23.1 Å². The Morgan fingerprint density at radius 3 is 2.45 bits per heavy atom. The van der Waals surface area contributed by atoms with Gasteiger partial charge in [0, 0.05) is 11.3 Å². The summed E-state index contributed by atoms with van der Waals surface area (Å²) in [5.74, 6) is -0.820. The number of aliphatic hydroxyl groups is 1. The molecule has 1 N–H and O–H groups in total. The highest BCUT2D eigenvalue weighted by atomic mass is 19.1. The first-order chi connectivity index (χ1) is 15.8. The van der Waals surface area contributed by atoms with Crippen LogP contribution in [0.25, 0.3) is 5.76 Å².